The zero-order chi connectivity index (χ0) is 17.3. The number of ether oxygens (including phenoxy) is 1. The van der Waals surface area contributed by atoms with Gasteiger partial charge in [-0.05, 0) is 58.9 Å². The summed E-state index contributed by atoms with van der Waals surface area (Å²) < 4.78 is 5.49. The lowest BCUT2D eigenvalue weighted by Gasteiger charge is -2.40. The number of nitrogens with one attached hydrogen (secondary N) is 1. The second kappa shape index (κ2) is 6.67. The van der Waals surface area contributed by atoms with Crippen LogP contribution in [0.4, 0.5) is 4.79 Å². The molecule has 2 rings (SSSR count). The lowest BCUT2D eigenvalue weighted by atomic mass is 9.78. The van der Waals surface area contributed by atoms with Crippen molar-refractivity contribution in [2.45, 2.75) is 77.0 Å². The third kappa shape index (κ3) is 3.62. The summed E-state index contributed by atoms with van der Waals surface area (Å²) in [5.41, 5.74) is -1.78. The van der Waals surface area contributed by atoms with Crippen molar-refractivity contribution in [2.24, 2.45) is 5.92 Å². The smallest absolute Gasteiger partial charge is 0.411 e. The summed E-state index contributed by atoms with van der Waals surface area (Å²) in [4.78, 5) is 26.4. The minimum Gasteiger partial charge on any atom is -0.479 e. The van der Waals surface area contributed by atoms with E-state index < -0.39 is 23.2 Å². The Labute approximate surface area is 138 Å². The summed E-state index contributed by atoms with van der Waals surface area (Å²) in [7, 11) is 0. The molecule has 6 heteroatoms. The van der Waals surface area contributed by atoms with E-state index in [1.54, 1.807) is 20.8 Å². The number of likely N-dealkylation sites (tertiary alicyclic amines) is 1. The molecule has 3 atom stereocenters. The van der Waals surface area contributed by atoms with Gasteiger partial charge in [-0.2, -0.15) is 0 Å². The average Bonchev–Trinajstić information content (AvgIpc) is 3.04. The summed E-state index contributed by atoms with van der Waals surface area (Å²) in [5, 5.41) is 13.4. The number of carbonyl (C=O) groups excluding carboxylic acids is 1. The molecule has 0 radical (unpaired) electrons. The number of hydrogen-bond acceptors (Lipinski definition) is 4. The van der Waals surface area contributed by atoms with Crippen LogP contribution in [0.25, 0.3) is 0 Å². The topological polar surface area (TPSA) is 78.9 Å². The first kappa shape index (κ1) is 18.0. The lowest BCUT2D eigenvalue weighted by Crippen LogP contribution is -2.59. The largest absolute Gasteiger partial charge is 0.479 e. The first-order valence-electron chi connectivity index (χ1n) is 8.68. The van der Waals surface area contributed by atoms with Crippen molar-refractivity contribution < 1.29 is 19.4 Å². The van der Waals surface area contributed by atoms with Crippen LogP contribution in [0, 0.1) is 5.92 Å². The normalized spacial score (nSPS) is 31.4. The summed E-state index contributed by atoms with van der Waals surface area (Å²) in [6, 6.07) is 0.156. The molecule has 0 bridgehead atoms. The molecule has 132 valence electrons. The third-order valence-corrected chi connectivity index (χ3v) is 5.06. The Balaban J connectivity index is 2.30. The molecule has 2 aliphatic rings. The van der Waals surface area contributed by atoms with Crippen LogP contribution in [-0.2, 0) is 9.53 Å². The van der Waals surface area contributed by atoms with Gasteiger partial charge in [0.25, 0.3) is 0 Å². The number of nitrogens with zero attached hydrogens (tertiary/aromatic N) is 1. The van der Waals surface area contributed by atoms with Gasteiger partial charge in [0.2, 0.25) is 0 Å². The highest BCUT2D eigenvalue weighted by Gasteiger charge is 2.57. The van der Waals surface area contributed by atoms with E-state index in [0.717, 1.165) is 32.2 Å². The third-order valence-electron chi connectivity index (χ3n) is 5.06. The molecule has 0 aliphatic carbocycles. The number of carbonyl (C=O) groups is 2. The molecule has 0 aromatic carbocycles. The maximum atomic E-state index is 12.6. The number of hydrogen-bond donors (Lipinski definition) is 2. The number of carboxylic acids is 1. The van der Waals surface area contributed by atoms with Gasteiger partial charge in [0.1, 0.15) is 11.1 Å². The molecular formula is C17H30N2O4. The van der Waals surface area contributed by atoms with Crippen LogP contribution in [0.2, 0.25) is 0 Å². The molecule has 2 saturated heterocycles. The van der Waals surface area contributed by atoms with E-state index in [1.807, 2.05) is 6.92 Å². The molecule has 2 fully saturated rings. The first-order valence-corrected chi connectivity index (χ1v) is 8.68. The highest BCUT2D eigenvalue weighted by Crippen LogP contribution is 2.42. The SMILES string of the molecule is CC[C@H]1CCN(C(=O)OC(C)(C)C)[C@]1(C[C@@H]1CCCN1)C(=O)O. The minimum absolute atomic E-state index is 0.0325. The summed E-state index contributed by atoms with van der Waals surface area (Å²) in [5.74, 6) is -0.934. The zero-order valence-electron chi connectivity index (χ0n) is 14.7. The number of amides is 1. The van der Waals surface area contributed by atoms with Gasteiger partial charge in [-0.15, -0.1) is 0 Å². The predicted molar refractivity (Wildman–Crippen MR) is 87.3 cm³/mol. The summed E-state index contributed by atoms with van der Waals surface area (Å²) in [6.45, 7) is 8.79. The van der Waals surface area contributed by atoms with Crippen LogP contribution in [0.1, 0.15) is 59.8 Å². The van der Waals surface area contributed by atoms with Gasteiger partial charge in [0.15, 0.2) is 0 Å². The van der Waals surface area contributed by atoms with E-state index in [0.29, 0.717) is 13.0 Å². The van der Waals surface area contributed by atoms with E-state index in [2.05, 4.69) is 5.32 Å². The lowest BCUT2D eigenvalue weighted by molar-refractivity contribution is -0.153. The molecule has 0 aromatic heterocycles. The molecule has 6 nitrogen and oxygen atoms in total. The van der Waals surface area contributed by atoms with Crippen molar-refractivity contribution in [3.05, 3.63) is 0 Å². The van der Waals surface area contributed by atoms with Gasteiger partial charge < -0.3 is 15.2 Å². The Bertz CT molecular complexity index is 454. The molecule has 2 aliphatic heterocycles. The quantitative estimate of drug-likeness (QED) is 0.830. The molecule has 2 N–H and O–H groups in total. The Hall–Kier alpha value is -1.30. The zero-order valence-corrected chi connectivity index (χ0v) is 14.7. The van der Waals surface area contributed by atoms with E-state index in [-0.39, 0.29) is 12.0 Å². The van der Waals surface area contributed by atoms with Crippen molar-refractivity contribution in [3.63, 3.8) is 0 Å². The predicted octanol–water partition coefficient (Wildman–Crippen LogP) is 2.62. The molecule has 0 spiro atoms. The number of carboxylic acid groups (broad SMARTS) is 1. The van der Waals surface area contributed by atoms with Gasteiger partial charge in [-0.1, -0.05) is 13.3 Å². The molecule has 0 unspecified atom stereocenters. The summed E-state index contributed by atoms with van der Waals surface area (Å²) in [6.07, 6.45) is 3.44. The first-order chi connectivity index (χ1) is 10.7. The Morgan fingerprint density at radius 2 is 2.04 bits per heavy atom. The van der Waals surface area contributed by atoms with E-state index in [4.69, 9.17) is 4.74 Å². The fourth-order valence-electron chi connectivity index (χ4n) is 4.02. The Morgan fingerprint density at radius 3 is 2.52 bits per heavy atom. The molecule has 0 aromatic rings. The molecule has 23 heavy (non-hydrogen) atoms. The second-order valence-corrected chi connectivity index (χ2v) is 7.75. The van der Waals surface area contributed by atoms with Crippen molar-refractivity contribution in [1.82, 2.24) is 10.2 Å². The van der Waals surface area contributed by atoms with Crippen LogP contribution in [-0.4, -0.2) is 52.3 Å². The van der Waals surface area contributed by atoms with Crippen LogP contribution >= 0.6 is 0 Å². The maximum Gasteiger partial charge on any atom is 0.411 e. The second-order valence-electron chi connectivity index (χ2n) is 7.75. The van der Waals surface area contributed by atoms with Crippen molar-refractivity contribution in [1.29, 1.82) is 0 Å². The number of rotatable bonds is 4. The van der Waals surface area contributed by atoms with Gasteiger partial charge >= 0.3 is 12.1 Å². The molecule has 0 saturated carbocycles. The highest BCUT2D eigenvalue weighted by atomic mass is 16.6. The molecule has 2 heterocycles. The van der Waals surface area contributed by atoms with Crippen molar-refractivity contribution >= 4 is 12.1 Å². The standard InChI is InChI=1S/C17H30N2O4/c1-5-12-8-10-19(15(22)23-16(2,3)4)17(12,14(20)21)11-13-7-6-9-18-13/h12-13,18H,5-11H2,1-4H3,(H,20,21)/t12-,13-,17-/m0/s1. The van der Waals surface area contributed by atoms with Crippen molar-refractivity contribution in [2.75, 3.05) is 13.1 Å². The van der Waals surface area contributed by atoms with Gasteiger partial charge in [-0.25, -0.2) is 9.59 Å². The average molecular weight is 326 g/mol. The fourth-order valence-corrected chi connectivity index (χ4v) is 4.02. The van der Waals surface area contributed by atoms with Gasteiger partial charge in [0.05, 0.1) is 0 Å². The van der Waals surface area contributed by atoms with Crippen LogP contribution in [0.15, 0.2) is 0 Å². The van der Waals surface area contributed by atoms with E-state index in [1.165, 1.54) is 4.90 Å². The van der Waals surface area contributed by atoms with E-state index in [9.17, 15) is 14.7 Å². The van der Waals surface area contributed by atoms with Crippen molar-refractivity contribution in [3.8, 4) is 0 Å². The fraction of sp³-hybridized carbons (Fsp3) is 0.882. The minimum atomic E-state index is -1.15. The molecule has 1 amide bonds. The monoisotopic (exact) mass is 326 g/mol. The molecular weight excluding hydrogens is 296 g/mol. The van der Waals surface area contributed by atoms with Crippen LogP contribution < -0.4 is 5.32 Å². The highest BCUT2D eigenvalue weighted by molar-refractivity contribution is 5.86. The van der Waals surface area contributed by atoms with Crippen LogP contribution in [0.3, 0.4) is 0 Å². The maximum absolute atomic E-state index is 12.6. The summed E-state index contributed by atoms with van der Waals surface area (Å²) >= 11 is 0. The van der Waals surface area contributed by atoms with Crippen LogP contribution in [0.5, 0.6) is 0 Å². The Morgan fingerprint density at radius 1 is 1.35 bits per heavy atom. The van der Waals surface area contributed by atoms with E-state index >= 15 is 0 Å². The van der Waals surface area contributed by atoms with Gasteiger partial charge in [0, 0.05) is 12.6 Å². The Kier molecular flexibility index (Phi) is 5.23. The van der Waals surface area contributed by atoms with Gasteiger partial charge in [-0.3, -0.25) is 4.90 Å². The number of aliphatic carboxylic acids is 1.